The number of para-hydroxylation sites is 1. The number of aromatic nitrogens is 2. The van der Waals surface area contributed by atoms with Crippen LogP contribution in [0.1, 0.15) is 5.56 Å². The van der Waals surface area contributed by atoms with Crippen LogP contribution in [-0.4, -0.2) is 17.1 Å². The van der Waals surface area contributed by atoms with Crippen LogP contribution in [0.2, 0.25) is 0 Å². The number of anilines is 1. The lowest BCUT2D eigenvalue weighted by atomic mass is 10.1. The largest absolute Gasteiger partial charge is 0.496 e. The Morgan fingerprint density at radius 2 is 1.92 bits per heavy atom. The summed E-state index contributed by atoms with van der Waals surface area (Å²) in [4.78, 5) is 19.3. The summed E-state index contributed by atoms with van der Waals surface area (Å²) in [7, 11) is 1.67. The molecule has 0 bridgehead atoms. The number of ether oxygens (including phenoxy) is 1. The van der Waals surface area contributed by atoms with Crippen molar-refractivity contribution in [1.29, 1.82) is 0 Å². The lowest BCUT2D eigenvalue weighted by Crippen LogP contribution is -2.08. The Bertz CT molecular complexity index is 1120. The summed E-state index contributed by atoms with van der Waals surface area (Å²) in [5.74, 6) is 0.849. The molecule has 0 radical (unpaired) electrons. The molecule has 5 nitrogen and oxygen atoms in total. The number of hydrogen-bond donors (Lipinski definition) is 2. The minimum atomic E-state index is -0.127. The molecule has 0 aliphatic rings. The summed E-state index contributed by atoms with van der Waals surface area (Å²) in [6.07, 6.45) is 1.67. The van der Waals surface area contributed by atoms with E-state index in [-0.39, 0.29) is 5.56 Å². The summed E-state index contributed by atoms with van der Waals surface area (Å²) in [5.41, 5.74) is 2.48. The molecule has 0 fully saturated rings. The van der Waals surface area contributed by atoms with Crippen LogP contribution < -0.4 is 15.6 Å². The van der Waals surface area contributed by atoms with Crippen molar-refractivity contribution >= 4 is 27.5 Å². The molecule has 25 heavy (non-hydrogen) atoms. The molecule has 0 saturated heterocycles. The first-order valence-electron chi connectivity index (χ1n) is 8.03. The third-order valence-corrected chi connectivity index (χ3v) is 4.27. The highest BCUT2D eigenvalue weighted by Crippen LogP contribution is 2.24. The highest BCUT2D eigenvalue weighted by atomic mass is 16.5. The third-order valence-electron chi connectivity index (χ3n) is 4.27. The fraction of sp³-hybridized carbons (Fsp3) is 0.100. The van der Waals surface area contributed by atoms with Crippen molar-refractivity contribution in [3.8, 4) is 5.75 Å². The van der Waals surface area contributed by atoms with Gasteiger partial charge in [-0.15, -0.1) is 0 Å². The van der Waals surface area contributed by atoms with E-state index in [2.05, 4.69) is 15.3 Å². The number of rotatable bonds is 4. The number of H-pyrrole nitrogens is 1. The predicted octanol–water partition coefficient (Wildman–Crippen LogP) is 3.70. The molecule has 124 valence electrons. The van der Waals surface area contributed by atoms with Crippen molar-refractivity contribution < 1.29 is 4.74 Å². The van der Waals surface area contributed by atoms with Gasteiger partial charge in [-0.3, -0.25) is 4.79 Å². The van der Waals surface area contributed by atoms with Gasteiger partial charge in [-0.25, -0.2) is 4.98 Å². The van der Waals surface area contributed by atoms with Crippen molar-refractivity contribution in [2.75, 3.05) is 12.4 Å². The van der Waals surface area contributed by atoms with E-state index in [1.54, 1.807) is 13.3 Å². The van der Waals surface area contributed by atoms with E-state index in [0.717, 1.165) is 27.8 Å². The van der Waals surface area contributed by atoms with E-state index >= 15 is 0 Å². The van der Waals surface area contributed by atoms with Crippen molar-refractivity contribution in [3.05, 3.63) is 76.7 Å². The van der Waals surface area contributed by atoms with Gasteiger partial charge in [0.2, 0.25) is 0 Å². The topological polar surface area (TPSA) is 67.0 Å². The zero-order valence-corrected chi connectivity index (χ0v) is 13.7. The molecule has 0 atom stereocenters. The first-order valence-corrected chi connectivity index (χ1v) is 8.03. The fourth-order valence-corrected chi connectivity index (χ4v) is 3.02. The highest BCUT2D eigenvalue weighted by molar-refractivity contribution is 6.05. The zero-order valence-electron chi connectivity index (χ0n) is 13.7. The lowest BCUT2D eigenvalue weighted by Gasteiger charge is -2.11. The lowest BCUT2D eigenvalue weighted by molar-refractivity contribution is 0.410. The minimum Gasteiger partial charge on any atom is -0.496 e. The molecule has 2 N–H and O–H groups in total. The Balaban J connectivity index is 1.74. The van der Waals surface area contributed by atoms with E-state index in [1.807, 2.05) is 54.6 Å². The molecule has 0 spiro atoms. The van der Waals surface area contributed by atoms with Gasteiger partial charge in [-0.1, -0.05) is 18.2 Å². The molecular formula is C20H17N3O2. The van der Waals surface area contributed by atoms with Gasteiger partial charge in [0.15, 0.2) is 0 Å². The van der Waals surface area contributed by atoms with Crippen molar-refractivity contribution in [1.82, 2.24) is 9.97 Å². The minimum absolute atomic E-state index is 0.127. The molecular weight excluding hydrogens is 314 g/mol. The predicted molar refractivity (Wildman–Crippen MR) is 100 cm³/mol. The number of hydrogen-bond acceptors (Lipinski definition) is 4. The van der Waals surface area contributed by atoms with Gasteiger partial charge < -0.3 is 15.0 Å². The van der Waals surface area contributed by atoms with Crippen molar-refractivity contribution in [3.63, 3.8) is 0 Å². The Morgan fingerprint density at radius 3 is 2.80 bits per heavy atom. The number of aromatic amines is 1. The van der Waals surface area contributed by atoms with Gasteiger partial charge in [-0.05, 0) is 36.4 Å². The average molecular weight is 331 g/mol. The monoisotopic (exact) mass is 331 g/mol. The van der Waals surface area contributed by atoms with Gasteiger partial charge >= 0.3 is 0 Å². The molecule has 0 amide bonds. The summed E-state index contributed by atoms with van der Waals surface area (Å²) < 4.78 is 5.38. The van der Waals surface area contributed by atoms with Gasteiger partial charge in [0.1, 0.15) is 11.4 Å². The average Bonchev–Trinajstić information content (AvgIpc) is 2.66. The van der Waals surface area contributed by atoms with E-state index in [1.165, 1.54) is 0 Å². The van der Waals surface area contributed by atoms with E-state index < -0.39 is 0 Å². The van der Waals surface area contributed by atoms with Crippen LogP contribution in [0.25, 0.3) is 21.8 Å². The number of benzene rings is 2. The smallest absolute Gasteiger partial charge is 0.257 e. The number of pyridine rings is 2. The number of fused-ring (bicyclic) bond motifs is 3. The number of methoxy groups -OCH3 is 1. The number of nitrogens with one attached hydrogen (secondary N) is 2. The molecule has 4 rings (SSSR count). The molecule has 0 aliphatic carbocycles. The van der Waals surface area contributed by atoms with E-state index in [4.69, 9.17) is 4.74 Å². The summed E-state index contributed by atoms with van der Waals surface area (Å²) in [6, 6.07) is 17.5. The van der Waals surface area contributed by atoms with E-state index in [9.17, 15) is 4.79 Å². The first kappa shape index (κ1) is 15.2. The Hall–Kier alpha value is -3.34. The molecule has 0 aliphatic heterocycles. The summed E-state index contributed by atoms with van der Waals surface area (Å²) >= 11 is 0. The van der Waals surface area contributed by atoms with E-state index in [0.29, 0.717) is 17.6 Å². The normalized spacial score (nSPS) is 10.9. The summed E-state index contributed by atoms with van der Waals surface area (Å²) in [5, 5.41) is 5.87. The molecule has 4 aromatic rings. The molecule has 2 heterocycles. The number of nitrogens with zero attached hydrogens (tertiary/aromatic N) is 1. The Kier molecular flexibility index (Phi) is 3.82. The second-order valence-corrected chi connectivity index (χ2v) is 5.78. The molecule has 2 aromatic carbocycles. The third kappa shape index (κ3) is 2.80. The van der Waals surface area contributed by atoms with Crippen LogP contribution in [0, 0.1) is 0 Å². The van der Waals surface area contributed by atoms with Crippen LogP contribution in [-0.2, 0) is 6.54 Å². The van der Waals surface area contributed by atoms with Crippen LogP contribution >= 0.6 is 0 Å². The fourth-order valence-electron chi connectivity index (χ4n) is 3.02. The maximum absolute atomic E-state index is 12.2. The SMILES string of the molecule is COc1ccccc1CNc1ccc2c(=O)[nH]c3ncccc3c2c1. The first-order chi connectivity index (χ1) is 12.3. The highest BCUT2D eigenvalue weighted by Gasteiger charge is 2.07. The molecule has 0 unspecified atom stereocenters. The molecule has 0 saturated carbocycles. The van der Waals surface area contributed by atoms with Crippen LogP contribution in [0.3, 0.4) is 0 Å². The van der Waals surface area contributed by atoms with Gasteiger partial charge in [-0.2, -0.15) is 0 Å². The van der Waals surface area contributed by atoms with Gasteiger partial charge in [0.25, 0.3) is 5.56 Å². The van der Waals surface area contributed by atoms with Gasteiger partial charge in [0.05, 0.1) is 7.11 Å². The van der Waals surface area contributed by atoms with Crippen LogP contribution in [0.15, 0.2) is 65.6 Å². The van der Waals surface area contributed by atoms with Crippen LogP contribution in [0.5, 0.6) is 5.75 Å². The molecule has 2 aromatic heterocycles. The maximum Gasteiger partial charge on any atom is 0.257 e. The summed E-state index contributed by atoms with van der Waals surface area (Å²) in [6.45, 7) is 0.634. The van der Waals surface area contributed by atoms with Gasteiger partial charge in [0, 0.05) is 40.2 Å². The van der Waals surface area contributed by atoms with Crippen molar-refractivity contribution in [2.45, 2.75) is 6.54 Å². The second-order valence-electron chi connectivity index (χ2n) is 5.78. The van der Waals surface area contributed by atoms with Crippen molar-refractivity contribution in [2.24, 2.45) is 0 Å². The zero-order chi connectivity index (χ0) is 17.2. The Labute approximate surface area is 144 Å². The molecule has 5 heteroatoms. The standard InChI is InChI=1S/C20H17N3O2/c1-25-18-7-3-2-5-13(18)12-22-14-8-9-16-17(11-14)15-6-4-10-21-19(15)23-20(16)24/h2-11,22H,12H2,1H3,(H,21,23,24). The maximum atomic E-state index is 12.2. The Morgan fingerprint density at radius 1 is 1.04 bits per heavy atom. The van der Waals surface area contributed by atoms with Crippen LogP contribution in [0.4, 0.5) is 5.69 Å². The second kappa shape index (κ2) is 6.28. The quantitative estimate of drug-likeness (QED) is 0.560.